The molecule has 10 aromatic rings. The van der Waals surface area contributed by atoms with Crippen LogP contribution in [-0.4, -0.2) is 15.0 Å². The largest absolute Gasteiger partial charge is 0.208 e. The summed E-state index contributed by atoms with van der Waals surface area (Å²) in [7, 11) is 0. The van der Waals surface area contributed by atoms with E-state index >= 15 is 0 Å². The zero-order valence-corrected chi connectivity index (χ0v) is 34.3. The third-order valence-electron chi connectivity index (χ3n) is 12.1. The molecule has 1 aromatic heterocycles. The number of hydrogen-bond acceptors (Lipinski definition) is 4. The minimum Gasteiger partial charge on any atom is -0.208 e. The van der Waals surface area contributed by atoms with E-state index in [1.54, 1.807) is 0 Å². The van der Waals surface area contributed by atoms with E-state index in [2.05, 4.69) is 153 Å². The summed E-state index contributed by atoms with van der Waals surface area (Å²) in [6.45, 7) is 4.14. The summed E-state index contributed by atoms with van der Waals surface area (Å²) in [6.07, 6.45) is 0. The fourth-order valence-corrected chi connectivity index (χ4v) is 8.79. The quantitative estimate of drug-likeness (QED) is 0.161. The Balaban J connectivity index is 0.865. The highest BCUT2D eigenvalue weighted by Gasteiger charge is 2.22. The molecule has 0 saturated heterocycles. The summed E-state index contributed by atoms with van der Waals surface area (Å²) in [4.78, 5) is 14.8. The summed E-state index contributed by atoms with van der Waals surface area (Å²) in [5, 5.41) is 12.8. The minimum atomic E-state index is 0.592. The van der Waals surface area contributed by atoms with Crippen LogP contribution in [0.15, 0.2) is 194 Å². The first-order valence-electron chi connectivity index (χ1n) is 20.9. The van der Waals surface area contributed by atoms with Crippen molar-refractivity contribution in [1.82, 2.24) is 15.0 Å². The Kier molecular flexibility index (Phi) is 8.95. The minimum absolute atomic E-state index is 0.592. The van der Waals surface area contributed by atoms with E-state index in [0.717, 1.165) is 50.1 Å². The van der Waals surface area contributed by atoms with Gasteiger partial charge in [-0.1, -0.05) is 193 Å². The Morgan fingerprint density at radius 1 is 0.323 bits per heavy atom. The SMILES string of the molecule is Cc1ccc(-c2nc(-c3ccc(C)cc3)nc(-c3ccc(-c4cc(-c5ccc(-c6ccc(-c7ccc8c9c(cccc79)-c7ccccc7-8)cc6)cc5)ccc4C#N)cc3)n2)cc1. The van der Waals surface area contributed by atoms with Crippen molar-refractivity contribution in [2.45, 2.75) is 13.8 Å². The number of fused-ring (bicyclic) bond motifs is 3. The highest BCUT2D eigenvalue weighted by Crippen LogP contribution is 2.49. The van der Waals surface area contributed by atoms with E-state index in [1.165, 1.54) is 55.3 Å². The summed E-state index contributed by atoms with van der Waals surface area (Å²) in [6, 6.07) is 70.6. The second-order valence-corrected chi connectivity index (χ2v) is 16.1. The molecule has 1 aliphatic rings. The van der Waals surface area contributed by atoms with Crippen molar-refractivity contribution in [2.75, 3.05) is 0 Å². The molecule has 0 atom stereocenters. The Morgan fingerprint density at radius 3 is 1.23 bits per heavy atom. The van der Waals surface area contributed by atoms with Crippen molar-refractivity contribution in [3.05, 3.63) is 211 Å². The van der Waals surface area contributed by atoms with Crippen LogP contribution >= 0.6 is 0 Å². The summed E-state index contributed by atoms with van der Waals surface area (Å²) in [5.74, 6) is 1.84. The van der Waals surface area contributed by atoms with Gasteiger partial charge in [-0.15, -0.1) is 0 Å². The van der Waals surface area contributed by atoms with Gasteiger partial charge in [0.25, 0.3) is 0 Å². The molecular weight excluding hydrogens is 753 g/mol. The number of nitriles is 1. The van der Waals surface area contributed by atoms with Gasteiger partial charge in [0.1, 0.15) is 0 Å². The average molecular weight is 791 g/mol. The van der Waals surface area contributed by atoms with Crippen LogP contribution in [0.2, 0.25) is 0 Å². The molecule has 0 radical (unpaired) electrons. The predicted octanol–water partition coefficient (Wildman–Crippen LogP) is 14.8. The van der Waals surface area contributed by atoms with Crippen LogP contribution in [0.5, 0.6) is 0 Å². The van der Waals surface area contributed by atoms with Crippen molar-refractivity contribution in [3.8, 4) is 107 Å². The third kappa shape index (κ3) is 6.54. The van der Waals surface area contributed by atoms with Gasteiger partial charge in [0.05, 0.1) is 11.6 Å². The maximum absolute atomic E-state index is 10.2. The Labute approximate surface area is 361 Å². The first-order valence-corrected chi connectivity index (χ1v) is 20.9. The smallest absolute Gasteiger partial charge is 0.164 e. The Morgan fingerprint density at radius 2 is 0.710 bits per heavy atom. The van der Waals surface area contributed by atoms with Gasteiger partial charge in [0, 0.05) is 22.3 Å². The topological polar surface area (TPSA) is 62.5 Å². The lowest BCUT2D eigenvalue weighted by molar-refractivity contribution is 1.07. The molecule has 62 heavy (non-hydrogen) atoms. The Hall–Kier alpha value is -8.26. The van der Waals surface area contributed by atoms with Gasteiger partial charge in [-0.3, -0.25) is 0 Å². The van der Waals surface area contributed by atoms with Crippen molar-refractivity contribution in [2.24, 2.45) is 0 Å². The zero-order valence-electron chi connectivity index (χ0n) is 34.3. The number of nitrogens with zero attached hydrogens (tertiary/aromatic N) is 4. The standard InChI is InChI=1S/C58H38N4/c1-36-10-14-43(15-11-36)56-60-57(44-16-12-37(2)13-17-44)62-58(61-56)45-28-26-42(27-29-45)54-34-46(30-31-47(54)35-59)40-20-18-38(19-21-40)39-22-24-41(25-23-39)48-32-33-53-50-7-4-3-6-49(50)52-9-5-8-51(48)55(52)53/h3-34H,1-2H3. The normalized spacial score (nSPS) is 11.4. The molecule has 0 saturated carbocycles. The summed E-state index contributed by atoms with van der Waals surface area (Å²) < 4.78 is 0. The van der Waals surface area contributed by atoms with Crippen LogP contribution in [0.4, 0.5) is 0 Å². The van der Waals surface area contributed by atoms with Crippen LogP contribution in [0.3, 0.4) is 0 Å². The molecule has 290 valence electrons. The molecular formula is C58H38N4. The molecule has 4 heteroatoms. The fourth-order valence-electron chi connectivity index (χ4n) is 8.79. The highest BCUT2D eigenvalue weighted by molar-refractivity contribution is 6.18. The van der Waals surface area contributed by atoms with Crippen LogP contribution in [0.25, 0.3) is 112 Å². The fraction of sp³-hybridized carbons (Fsp3) is 0.0345. The molecule has 0 spiro atoms. The van der Waals surface area contributed by atoms with E-state index in [4.69, 9.17) is 15.0 Å². The van der Waals surface area contributed by atoms with Gasteiger partial charge in [-0.2, -0.15) is 5.26 Å². The molecule has 0 amide bonds. The first-order chi connectivity index (χ1) is 30.5. The van der Waals surface area contributed by atoms with Crippen molar-refractivity contribution in [1.29, 1.82) is 5.26 Å². The zero-order chi connectivity index (χ0) is 41.7. The van der Waals surface area contributed by atoms with Crippen LogP contribution in [0.1, 0.15) is 16.7 Å². The van der Waals surface area contributed by atoms with Gasteiger partial charge in [0.15, 0.2) is 17.5 Å². The number of aromatic nitrogens is 3. The lowest BCUT2D eigenvalue weighted by Crippen LogP contribution is -2.00. The van der Waals surface area contributed by atoms with E-state index < -0.39 is 0 Å². The molecule has 1 aliphatic carbocycles. The van der Waals surface area contributed by atoms with Gasteiger partial charge >= 0.3 is 0 Å². The number of benzene rings is 9. The van der Waals surface area contributed by atoms with E-state index in [1.807, 2.05) is 60.7 Å². The molecule has 9 aromatic carbocycles. The van der Waals surface area contributed by atoms with Crippen molar-refractivity contribution >= 4 is 10.8 Å². The lowest BCUT2D eigenvalue weighted by atomic mass is 9.92. The molecule has 0 aliphatic heterocycles. The predicted molar refractivity (Wildman–Crippen MR) is 254 cm³/mol. The maximum Gasteiger partial charge on any atom is 0.164 e. The molecule has 11 rings (SSSR count). The highest BCUT2D eigenvalue weighted by atomic mass is 15.0. The van der Waals surface area contributed by atoms with E-state index in [0.29, 0.717) is 23.0 Å². The summed E-state index contributed by atoms with van der Waals surface area (Å²) >= 11 is 0. The van der Waals surface area contributed by atoms with Crippen molar-refractivity contribution in [3.63, 3.8) is 0 Å². The van der Waals surface area contributed by atoms with E-state index in [9.17, 15) is 5.26 Å². The monoisotopic (exact) mass is 790 g/mol. The molecule has 0 fully saturated rings. The first kappa shape index (κ1) is 36.8. The van der Waals surface area contributed by atoms with Crippen LogP contribution in [-0.2, 0) is 0 Å². The van der Waals surface area contributed by atoms with E-state index in [-0.39, 0.29) is 0 Å². The maximum atomic E-state index is 10.2. The Bertz CT molecular complexity index is 3280. The molecule has 0 N–H and O–H groups in total. The van der Waals surface area contributed by atoms with Crippen molar-refractivity contribution < 1.29 is 0 Å². The number of aryl methyl sites for hydroxylation is 2. The van der Waals surface area contributed by atoms with Gasteiger partial charge in [0.2, 0.25) is 0 Å². The molecule has 1 heterocycles. The van der Waals surface area contributed by atoms with Gasteiger partial charge in [-0.25, -0.2) is 15.0 Å². The molecule has 0 bridgehead atoms. The van der Waals surface area contributed by atoms with Crippen LogP contribution in [0, 0.1) is 25.2 Å². The third-order valence-corrected chi connectivity index (χ3v) is 12.1. The number of hydrogen-bond donors (Lipinski definition) is 0. The van der Waals surface area contributed by atoms with Crippen LogP contribution < -0.4 is 0 Å². The lowest BCUT2D eigenvalue weighted by Gasteiger charge is -2.12. The van der Waals surface area contributed by atoms with Gasteiger partial charge in [-0.05, 0) is 98.0 Å². The number of rotatable bonds is 7. The second kappa shape index (κ2) is 15.1. The molecule has 0 unspecified atom stereocenters. The molecule has 4 nitrogen and oxygen atoms in total. The summed E-state index contributed by atoms with van der Waals surface area (Å²) in [5.41, 5.74) is 19.7. The average Bonchev–Trinajstić information content (AvgIpc) is 3.66. The second-order valence-electron chi connectivity index (χ2n) is 16.1. The van der Waals surface area contributed by atoms with Gasteiger partial charge < -0.3 is 0 Å².